The first-order chi connectivity index (χ1) is 5.25. The van der Waals surface area contributed by atoms with Crippen LogP contribution in [-0.4, -0.2) is 0 Å². The molecule has 0 spiro atoms. The highest BCUT2D eigenvalue weighted by atomic mass is 19.1. The number of hydrogen-bond donors (Lipinski definition) is 1. The number of rotatable bonds is 2. The molecule has 0 unspecified atom stereocenters. The van der Waals surface area contributed by atoms with Gasteiger partial charge in [-0.05, 0) is 0 Å². The standard InChI is InChI=1S/C7H7FN2O/c8-5-2-4-11-7(5)6(10)1-3-9/h2,4,6H,1,10H2/t6-/m0/s1. The van der Waals surface area contributed by atoms with Gasteiger partial charge in [0.2, 0.25) is 0 Å². The summed E-state index contributed by atoms with van der Waals surface area (Å²) in [6, 6.07) is 2.35. The van der Waals surface area contributed by atoms with Crippen LogP contribution in [0.4, 0.5) is 4.39 Å². The van der Waals surface area contributed by atoms with Gasteiger partial charge in [0.15, 0.2) is 11.6 Å². The summed E-state index contributed by atoms with van der Waals surface area (Å²) in [6.07, 6.45) is 1.27. The highest BCUT2D eigenvalue weighted by Gasteiger charge is 2.13. The molecule has 3 nitrogen and oxygen atoms in total. The molecule has 0 saturated carbocycles. The summed E-state index contributed by atoms with van der Waals surface area (Å²) in [4.78, 5) is 0. The molecule has 4 heteroatoms. The van der Waals surface area contributed by atoms with E-state index in [1.807, 2.05) is 6.07 Å². The van der Waals surface area contributed by atoms with E-state index in [0.717, 1.165) is 0 Å². The maximum Gasteiger partial charge on any atom is 0.166 e. The molecule has 0 fully saturated rings. The van der Waals surface area contributed by atoms with Crippen LogP contribution in [-0.2, 0) is 0 Å². The molecule has 1 aromatic rings. The van der Waals surface area contributed by atoms with Crippen molar-refractivity contribution < 1.29 is 8.81 Å². The topological polar surface area (TPSA) is 63.0 Å². The number of hydrogen-bond acceptors (Lipinski definition) is 3. The predicted molar refractivity (Wildman–Crippen MR) is 35.8 cm³/mol. The minimum Gasteiger partial charge on any atom is -0.464 e. The predicted octanol–water partition coefficient (Wildman–Crippen LogP) is 1.33. The van der Waals surface area contributed by atoms with E-state index in [9.17, 15) is 4.39 Å². The van der Waals surface area contributed by atoms with Gasteiger partial charge in [-0.25, -0.2) is 4.39 Å². The summed E-state index contributed by atoms with van der Waals surface area (Å²) in [5, 5.41) is 8.23. The molecule has 58 valence electrons. The van der Waals surface area contributed by atoms with Crippen LogP contribution < -0.4 is 5.73 Å². The van der Waals surface area contributed by atoms with Crippen molar-refractivity contribution >= 4 is 0 Å². The van der Waals surface area contributed by atoms with E-state index < -0.39 is 11.9 Å². The Balaban J connectivity index is 2.77. The van der Waals surface area contributed by atoms with Gasteiger partial charge in [0.05, 0.1) is 24.8 Å². The minimum absolute atomic E-state index is 0.0477. The Morgan fingerprint density at radius 3 is 3.00 bits per heavy atom. The van der Waals surface area contributed by atoms with Crippen molar-refractivity contribution in [3.63, 3.8) is 0 Å². The van der Waals surface area contributed by atoms with Gasteiger partial charge in [-0.1, -0.05) is 0 Å². The summed E-state index contributed by atoms with van der Waals surface area (Å²) in [7, 11) is 0. The Morgan fingerprint density at radius 2 is 2.55 bits per heavy atom. The lowest BCUT2D eigenvalue weighted by Crippen LogP contribution is -2.09. The van der Waals surface area contributed by atoms with Crippen LogP contribution >= 0.6 is 0 Å². The molecule has 0 saturated heterocycles. The molecule has 0 aliphatic carbocycles. The van der Waals surface area contributed by atoms with Gasteiger partial charge >= 0.3 is 0 Å². The lowest BCUT2D eigenvalue weighted by atomic mass is 10.2. The molecule has 1 aromatic heterocycles. The average Bonchev–Trinajstić information content (AvgIpc) is 2.36. The Hall–Kier alpha value is -1.34. The summed E-state index contributed by atoms with van der Waals surface area (Å²) >= 11 is 0. The highest BCUT2D eigenvalue weighted by molar-refractivity contribution is 5.08. The second-order valence-corrected chi connectivity index (χ2v) is 2.10. The monoisotopic (exact) mass is 154 g/mol. The largest absolute Gasteiger partial charge is 0.464 e. The van der Waals surface area contributed by atoms with Gasteiger partial charge in [0.25, 0.3) is 0 Å². The van der Waals surface area contributed by atoms with Crippen LogP contribution in [0.3, 0.4) is 0 Å². The van der Waals surface area contributed by atoms with E-state index in [-0.39, 0.29) is 12.2 Å². The zero-order valence-electron chi connectivity index (χ0n) is 5.75. The maximum absolute atomic E-state index is 12.6. The first-order valence-electron chi connectivity index (χ1n) is 3.11. The Labute approximate surface area is 63.2 Å². The minimum atomic E-state index is -0.657. The molecule has 0 aliphatic rings. The van der Waals surface area contributed by atoms with E-state index >= 15 is 0 Å². The lowest BCUT2D eigenvalue weighted by Gasteiger charge is -2.01. The van der Waals surface area contributed by atoms with Crippen molar-refractivity contribution in [3.8, 4) is 6.07 Å². The van der Waals surface area contributed by atoms with Gasteiger partial charge in [0.1, 0.15) is 0 Å². The highest BCUT2D eigenvalue weighted by Crippen LogP contribution is 2.17. The first kappa shape index (κ1) is 7.76. The molecule has 2 N–H and O–H groups in total. The Morgan fingerprint density at radius 1 is 1.82 bits per heavy atom. The number of halogens is 1. The fraction of sp³-hybridized carbons (Fsp3) is 0.286. The van der Waals surface area contributed by atoms with E-state index in [1.54, 1.807) is 0 Å². The third kappa shape index (κ3) is 1.57. The summed E-state index contributed by atoms with van der Waals surface area (Å²) in [5.74, 6) is -0.445. The summed E-state index contributed by atoms with van der Waals surface area (Å²) < 4.78 is 17.4. The zero-order chi connectivity index (χ0) is 8.27. The van der Waals surface area contributed by atoms with Gasteiger partial charge in [-0.2, -0.15) is 5.26 Å². The molecule has 1 atom stereocenters. The Bertz CT molecular complexity index is 276. The van der Waals surface area contributed by atoms with Crippen LogP contribution in [0.5, 0.6) is 0 Å². The van der Waals surface area contributed by atoms with E-state index in [1.165, 1.54) is 12.3 Å². The maximum atomic E-state index is 12.6. The fourth-order valence-electron chi connectivity index (χ4n) is 0.761. The molecule has 0 amide bonds. The van der Waals surface area contributed by atoms with Crippen LogP contribution in [0.25, 0.3) is 0 Å². The van der Waals surface area contributed by atoms with E-state index in [4.69, 9.17) is 15.4 Å². The van der Waals surface area contributed by atoms with Crippen molar-refractivity contribution in [2.24, 2.45) is 5.73 Å². The lowest BCUT2D eigenvalue weighted by molar-refractivity contribution is 0.436. The van der Waals surface area contributed by atoms with Gasteiger partial charge < -0.3 is 10.2 Å². The number of nitrogens with zero attached hydrogens (tertiary/aromatic N) is 1. The molecular weight excluding hydrogens is 147 g/mol. The van der Waals surface area contributed by atoms with Crippen LogP contribution in [0, 0.1) is 17.1 Å². The fourth-order valence-corrected chi connectivity index (χ4v) is 0.761. The van der Waals surface area contributed by atoms with Crippen molar-refractivity contribution in [2.75, 3.05) is 0 Å². The van der Waals surface area contributed by atoms with Gasteiger partial charge in [-0.15, -0.1) is 0 Å². The van der Waals surface area contributed by atoms with Crippen LogP contribution in [0.1, 0.15) is 18.2 Å². The van der Waals surface area contributed by atoms with Crippen LogP contribution in [0.2, 0.25) is 0 Å². The van der Waals surface area contributed by atoms with Crippen molar-refractivity contribution in [1.29, 1.82) is 5.26 Å². The molecule has 1 heterocycles. The normalized spacial score (nSPS) is 12.5. The molecule has 0 aliphatic heterocycles. The SMILES string of the molecule is N#CC[C@H](N)c1occc1F. The molecule has 0 aromatic carbocycles. The van der Waals surface area contributed by atoms with E-state index in [0.29, 0.717) is 0 Å². The van der Waals surface area contributed by atoms with Gasteiger partial charge in [-0.3, -0.25) is 0 Å². The first-order valence-corrected chi connectivity index (χ1v) is 3.11. The number of nitrogens with two attached hydrogens (primary N) is 1. The second-order valence-electron chi connectivity index (χ2n) is 2.10. The van der Waals surface area contributed by atoms with E-state index in [2.05, 4.69) is 0 Å². The van der Waals surface area contributed by atoms with Crippen molar-refractivity contribution in [3.05, 3.63) is 23.9 Å². The molecule has 0 bridgehead atoms. The third-order valence-corrected chi connectivity index (χ3v) is 1.29. The number of furan rings is 1. The zero-order valence-corrected chi connectivity index (χ0v) is 5.75. The van der Waals surface area contributed by atoms with Crippen LogP contribution in [0.15, 0.2) is 16.7 Å². The van der Waals surface area contributed by atoms with Gasteiger partial charge in [0, 0.05) is 6.07 Å². The van der Waals surface area contributed by atoms with Crippen molar-refractivity contribution in [2.45, 2.75) is 12.5 Å². The second kappa shape index (κ2) is 3.17. The number of nitriles is 1. The summed E-state index contributed by atoms with van der Waals surface area (Å²) in [5.41, 5.74) is 5.39. The Kier molecular flexibility index (Phi) is 2.24. The average molecular weight is 154 g/mol. The third-order valence-electron chi connectivity index (χ3n) is 1.29. The molecule has 1 rings (SSSR count). The molecular formula is C7H7FN2O. The quantitative estimate of drug-likeness (QED) is 0.698. The smallest absolute Gasteiger partial charge is 0.166 e. The molecule has 11 heavy (non-hydrogen) atoms. The summed E-state index contributed by atoms with van der Waals surface area (Å²) in [6.45, 7) is 0. The molecule has 0 radical (unpaired) electrons. The van der Waals surface area contributed by atoms with Crippen molar-refractivity contribution in [1.82, 2.24) is 0 Å².